The Morgan fingerprint density at radius 2 is 1.50 bits per heavy atom. The monoisotopic (exact) mass is 566 g/mol. The summed E-state index contributed by atoms with van der Waals surface area (Å²) in [5.41, 5.74) is 2.40. The van der Waals surface area contributed by atoms with Gasteiger partial charge in [-0.2, -0.15) is 13.2 Å². The van der Waals surface area contributed by atoms with Crippen molar-refractivity contribution in [2.75, 3.05) is 30.5 Å². The molecular formula is C32H30ClF3N2O2. The lowest BCUT2D eigenvalue weighted by Crippen LogP contribution is -2.42. The van der Waals surface area contributed by atoms with Crippen molar-refractivity contribution in [1.29, 1.82) is 0 Å². The number of ether oxygens (including phenoxy) is 1. The summed E-state index contributed by atoms with van der Waals surface area (Å²) in [7, 11) is 3.28. The van der Waals surface area contributed by atoms with Crippen molar-refractivity contribution in [2.24, 2.45) is 0 Å². The van der Waals surface area contributed by atoms with Crippen LogP contribution in [0.3, 0.4) is 0 Å². The van der Waals surface area contributed by atoms with Gasteiger partial charge < -0.3 is 14.5 Å². The lowest BCUT2D eigenvalue weighted by Gasteiger charge is -2.36. The van der Waals surface area contributed by atoms with E-state index in [1.165, 1.54) is 19.2 Å². The highest BCUT2D eigenvalue weighted by Crippen LogP contribution is 2.36. The van der Waals surface area contributed by atoms with E-state index < -0.39 is 17.8 Å². The van der Waals surface area contributed by atoms with Gasteiger partial charge in [-0.3, -0.25) is 4.79 Å². The molecular weight excluding hydrogens is 537 g/mol. The van der Waals surface area contributed by atoms with Crippen molar-refractivity contribution in [3.8, 4) is 5.75 Å². The maximum Gasteiger partial charge on any atom is 0.416 e. The van der Waals surface area contributed by atoms with E-state index in [-0.39, 0.29) is 5.91 Å². The molecule has 4 rings (SSSR count). The predicted molar refractivity (Wildman–Crippen MR) is 154 cm³/mol. The minimum Gasteiger partial charge on any atom is -0.495 e. The number of para-hydroxylation sites is 1. The molecule has 4 aromatic rings. The van der Waals surface area contributed by atoms with Crippen LogP contribution in [-0.4, -0.2) is 26.6 Å². The van der Waals surface area contributed by atoms with E-state index in [0.717, 1.165) is 34.6 Å². The quantitative estimate of drug-likeness (QED) is 0.194. The Morgan fingerprint density at radius 3 is 2.10 bits per heavy atom. The van der Waals surface area contributed by atoms with Gasteiger partial charge in [0.15, 0.2) is 0 Å². The highest BCUT2D eigenvalue weighted by molar-refractivity contribution is 6.32. The van der Waals surface area contributed by atoms with Crippen LogP contribution >= 0.6 is 11.6 Å². The molecule has 0 fully saturated rings. The Labute approximate surface area is 237 Å². The number of carbonyl (C=O) groups is 1. The van der Waals surface area contributed by atoms with Crippen LogP contribution in [-0.2, 0) is 17.4 Å². The average molecular weight is 567 g/mol. The number of benzene rings is 4. The molecule has 0 radical (unpaired) electrons. The maximum atomic E-state index is 14.2. The van der Waals surface area contributed by atoms with E-state index in [4.69, 9.17) is 16.3 Å². The zero-order valence-corrected chi connectivity index (χ0v) is 23.0. The fraction of sp³-hybridized carbons (Fsp3) is 0.219. The number of hydrogen-bond acceptors (Lipinski definition) is 3. The van der Waals surface area contributed by atoms with Gasteiger partial charge in [-0.15, -0.1) is 0 Å². The number of alkyl halides is 3. The summed E-state index contributed by atoms with van der Waals surface area (Å²) in [5.74, 6) is 0.337. The minimum absolute atomic E-state index is 0.138. The molecule has 0 bridgehead atoms. The van der Waals surface area contributed by atoms with Crippen LogP contribution in [0.25, 0.3) is 0 Å². The summed E-state index contributed by atoms with van der Waals surface area (Å²) in [6.45, 7) is 0.444. The van der Waals surface area contributed by atoms with E-state index in [2.05, 4.69) is 0 Å². The standard InChI is InChI=1S/C32H30ClF3N2O2/c1-37(26-13-7-4-8-14-26)31(39)30(24-11-5-3-6-12-24)38(27-19-20-28(33)29(22-27)40-2)21-9-10-23-15-17-25(18-16-23)32(34,35)36/h3-8,11-20,22,30H,9-10,21H2,1-2H3. The zero-order chi connectivity index (χ0) is 28.7. The van der Waals surface area contributed by atoms with Crippen molar-refractivity contribution in [3.05, 3.63) is 125 Å². The number of nitrogens with zero attached hydrogens (tertiary/aromatic N) is 2. The van der Waals surface area contributed by atoms with Crippen molar-refractivity contribution in [3.63, 3.8) is 0 Å². The van der Waals surface area contributed by atoms with E-state index in [1.54, 1.807) is 24.1 Å². The van der Waals surface area contributed by atoms with Crippen LogP contribution < -0.4 is 14.5 Å². The van der Waals surface area contributed by atoms with Crippen LogP contribution in [0.5, 0.6) is 5.75 Å². The Balaban J connectivity index is 1.69. The molecule has 0 N–H and O–H groups in total. The number of aryl methyl sites for hydroxylation is 1. The van der Waals surface area contributed by atoms with E-state index in [0.29, 0.717) is 30.2 Å². The molecule has 4 nitrogen and oxygen atoms in total. The van der Waals surface area contributed by atoms with Gasteiger partial charge in [0, 0.05) is 31.0 Å². The largest absolute Gasteiger partial charge is 0.495 e. The summed E-state index contributed by atoms with van der Waals surface area (Å²) in [6.07, 6.45) is -3.26. The summed E-state index contributed by atoms with van der Waals surface area (Å²) in [6, 6.07) is 28.8. The summed E-state index contributed by atoms with van der Waals surface area (Å²) in [4.78, 5) is 17.8. The lowest BCUT2D eigenvalue weighted by molar-refractivity contribution is -0.137. The minimum atomic E-state index is -4.38. The Kier molecular flexibility index (Phi) is 9.38. The number of rotatable bonds is 10. The smallest absolute Gasteiger partial charge is 0.416 e. The van der Waals surface area contributed by atoms with Gasteiger partial charge in [0.25, 0.3) is 5.91 Å². The number of hydrogen-bond donors (Lipinski definition) is 0. The molecule has 0 saturated heterocycles. The predicted octanol–water partition coefficient (Wildman–Crippen LogP) is 8.21. The van der Waals surface area contributed by atoms with Gasteiger partial charge >= 0.3 is 6.18 Å². The fourth-order valence-corrected chi connectivity index (χ4v) is 4.80. The first-order chi connectivity index (χ1) is 19.2. The molecule has 0 heterocycles. The molecule has 0 spiro atoms. The molecule has 0 aliphatic rings. The van der Waals surface area contributed by atoms with Gasteiger partial charge in [0.2, 0.25) is 0 Å². The fourth-order valence-electron chi connectivity index (χ4n) is 4.60. The number of likely N-dealkylation sites (N-methyl/N-ethyl adjacent to an activating group) is 1. The molecule has 1 amide bonds. The molecule has 0 saturated carbocycles. The second kappa shape index (κ2) is 12.9. The Hall–Kier alpha value is -3.97. The molecule has 40 heavy (non-hydrogen) atoms. The van der Waals surface area contributed by atoms with Gasteiger partial charge in [-0.05, 0) is 60.4 Å². The number of halogens is 4. The molecule has 8 heteroatoms. The van der Waals surface area contributed by atoms with Gasteiger partial charge in [0.05, 0.1) is 17.7 Å². The highest BCUT2D eigenvalue weighted by atomic mass is 35.5. The van der Waals surface area contributed by atoms with Gasteiger partial charge in [-0.1, -0.05) is 72.3 Å². The van der Waals surface area contributed by atoms with E-state index >= 15 is 0 Å². The van der Waals surface area contributed by atoms with Crippen LogP contribution in [0.1, 0.15) is 29.2 Å². The number of amides is 1. The van der Waals surface area contributed by atoms with Crippen LogP contribution in [0.15, 0.2) is 103 Å². The SMILES string of the molecule is COc1cc(N(CCCc2ccc(C(F)(F)F)cc2)C(C(=O)N(C)c2ccccc2)c2ccccc2)ccc1Cl. The lowest BCUT2D eigenvalue weighted by atomic mass is 10.0. The average Bonchev–Trinajstić information content (AvgIpc) is 2.97. The maximum absolute atomic E-state index is 14.2. The summed E-state index contributed by atoms with van der Waals surface area (Å²) in [5, 5.41) is 0.444. The molecule has 4 aromatic carbocycles. The first-order valence-corrected chi connectivity index (χ1v) is 13.2. The third-order valence-corrected chi connectivity index (χ3v) is 7.06. The van der Waals surface area contributed by atoms with E-state index in [9.17, 15) is 18.0 Å². The van der Waals surface area contributed by atoms with Crippen LogP contribution in [0, 0.1) is 0 Å². The first-order valence-electron chi connectivity index (χ1n) is 12.8. The molecule has 0 aromatic heterocycles. The molecule has 208 valence electrons. The zero-order valence-electron chi connectivity index (χ0n) is 22.2. The summed E-state index contributed by atoms with van der Waals surface area (Å²) < 4.78 is 44.5. The summed E-state index contributed by atoms with van der Waals surface area (Å²) >= 11 is 6.32. The second-order valence-corrected chi connectivity index (χ2v) is 9.76. The Morgan fingerprint density at radius 1 is 0.875 bits per heavy atom. The number of methoxy groups -OCH3 is 1. The molecule has 0 aliphatic heterocycles. The first kappa shape index (κ1) is 29.0. The van der Waals surface area contributed by atoms with Crippen molar-refractivity contribution < 1.29 is 22.7 Å². The number of carbonyl (C=O) groups excluding carboxylic acids is 1. The van der Waals surface area contributed by atoms with Crippen LogP contribution in [0.4, 0.5) is 24.5 Å². The third-order valence-electron chi connectivity index (χ3n) is 6.75. The number of anilines is 2. The normalized spacial score (nSPS) is 12.1. The van der Waals surface area contributed by atoms with Crippen molar-refractivity contribution >= 4 is 28.9 Å². The Bertz CT molecular complexity index is 1400. The van der Waals surface area contributed by atoms with Gasteiger partial charge in [-0.25, -0.2) is 0 Å². The van der Waals surface area contributed by atoms with Crippen molar-refractivity contribution in [2.45, 2.75) is 25.1 Å². The molecule has 1 unspecified atom stereocenters. The van der Waals surface area contributed by atoms with E-state index in [1.807, 2.05) is 71.6 Å². The van der Waals surface area contributed by atoms with Crippen molar-refractivity contribution in [1.82, 2.24) is 0 Å². The van der Waals surface area contributed by atoms with Crippen LogP contribution in [0.2, 0.25) is 5.02 Å². The molecule has 0 aliphatic carbocycles. The highest BCUT2D eigenvalue weighted by Gasteiger charge is 2.32. The second-order valence-electron chi connectivity index (χ2n) is 9.36. The topological polar surface area (TPSA) is 32.8 Å². The van der Waals surface area contributed by atoms with Gasteiger partial charge in [0.1, 0.15) is 11.8 Å². The molecule has 1 atom stereocenters. The third kappa shape index (κ3) is 6.96.